The number of nitrogens with one attached hydrogen (secondary N) is 1. The average molecular weight is 250 g/mol. The van der Waals surface area contributed by atoms with Crippen LogP contribution in [0.5, 0.6) is 0 Å². The Morgan fingerprint density at radius 1 is 1.50 bits per heavy atom. The maximum Gasteiger partial charge on any atom is 0.289 e. The Morgan fingerprint density at radius 2 is 2.28 bits per heavy atom. The third-order valence-electron chi connectivity index (χ3n) is 2.33. The molecular formula is C13H18N2O3. The lowest BCUT2D eigenvalue weighted by molar-refractivity contribution is -0.121. The number of carbonyl (C=O) groups excluding carboxylic acids is 2. The predicted molar refractivity (Wildman–Crippen MR) is 68.1 cm³/mol. The van der Waals surface area contributed by atoms with Gasteiger partial charge in [-0.05, 0) is 25.5 Å². The van der Waals surface area contributed by atoms with Crippen LogP contribution in [-0.2, 0) is 4.79 Å². The number of hydrogen-bond acceptors (Lipinski definition) is 3. The molecule has 0 atom stereocenters. The van der Waals surface area contributed by atoms with Gasteiger partial charge in [-0.1, -0.05) is 12.2 Å². The first kappa shape index (κ1) is 14.0. The maximum atomic E-state index is 11.8. The van der Waals surface area contributed by atoms with Gasteiger partial charge in [0.05, 0.1) is 12.8 Å². The second kappa shape index (κ2) is 7.32. The molecule has 0 radical (unpaired) electrons. The van der Waals surface area contributed by atoms with Crippen LogP contribution in [0.4, 0.5) is 0 Å². The van der Waals surface area contributed by atoms with Crippen LogP contribution in [0.2, 0.25) is 0 Å². The minimum atomic E-state index is -0.302. The molecule has 1 N–H and O–H groups in total. The van der Waals surface area contributed by atoms with Crippen molar-refractivity contribution in [3.05, 3.63) is 36.3 Å². The third kappa shape index (κ3) is 4.45. The van der Waals surface area contributed by atoms with E-state index in [1.807, 2.05) is 19.1 Å². The summed E-state index contributed by atoms with van der Waals surface area (Å²) in [4.78, 5) is 24.6. The maximum absolute atomic E-state index is 11.8. The van der Waals surface area contributed by atoms with Gasteiger partial charge in [-0.2, -0.15) is 0 Å². The highest BCUT2D eigenvalue weighted by Crippen LogP contribution is 2.03. The van der Waals surface area contributed by atoms with Crippen molar-refractivity contribution in [3.63, 3.8) is 0 Å². The van der Waals surface area contributed by atoms with E-state index in [-0.39, 0.29) is 24.1 Å². The summed E-state index contributed by atoms with van der Waals surface area (Å²) in [5.41, 5.74) is 0. The second-order valence-corrected chi connectivity index (χ2v) is 3.85. The summed E-state index contributed by atoms with van der Waals surface area (Å²) >= 11 is 0. The van der Waals surface area contributed by atoms with Gasteiger partial charge in [-0.3, -0.25) is 9.59 Å². The van der Waals surface area contributed by atoms with Gasteiger partial charge in [-0.25, -0.2) is 0 Å². The number of nitrogens with zero attached hydrogens (tertiary/aromatic N) is 1. The van der Waals surface area contributed by atoms with Gasteiger partial charge < -0.3 is 14.6 Å². The fourth-order valence-electron chi connectivity index (χ4n) is 1.39. The van der Waals surface area contributed by atoms with Crippen LogP contribution < -0.4 is 5.32 Å². The summed E-state index contributed by atoms with van der Waals surface area (Å²) in [6, 6.07) is 3.21. The van der Waals surface area contributed by atoms with Crippen LogP contribution in [0.3, 0.4) is 0 Å². The van der Waals surface area contributed by atoms with Crippen molar-refractivity contribution in [2.75, 3.05) is 20.1 Å². The van der Waals surface area contributed by atoms with Crippen LogP contribution >= 0.6 is 0 Å². The predicted octanol–water partition coefficient (Wildman–Crippen LogP) is 1.43. The van der Waals surface area contributed by atoms with E-state index < -0.39 is 0 Å². The minimum Gasteiger partial charge on any atom is -0.459 e. The summed E-state index contributed by atoms with van der Waals surface area (Å²) in [5, 5.41) is 2.73. The Bertz CT molecular complexity index is 410. The Labute approximate surface area is 106 Å². The lowest BCUT2D eigenvalue weighted by atomic mass is 10.3. The van der Waals surface area contributed by atoms with Crippen LogP contribution in [0.25, 0.3) is 0 Å². The van der Waals surface area contributed by atoms with E-state index in [2.05, 4.69) is 5.32 Å². The van der Waals surface area contributed by atoms with Crippen molar-refractivity contribution in [1.82, 2.24) is 10.2 Å². The van der Waals surface area contributed by atoms with Gasteiger partial charge in [0.25, 0.3) is 5.91 Å². The molecule has 1 aromatic heterocycles. The fraction of sp³-hybridized carbons (Fsp3) is 0.385. The molecule has 0 bridgehead atoms. The summed E-state index contributed by atoms with van der Waals surface area (Å²) in [6.07, 6.45) is 6.12. The van der Waals surface area contributed by atoms with Gasteiger partial charge in [-0.15, -0.1) is 0 Å². The van der Waals surface area contributed by atoms with Crippen LogP contribution in [0, 0.1) is 0 Å². The molecule has 0 saturated carbocycles. The number of rotatable bonds is 6. The molecule has 1 heterocycles. The molecule has 0 fully saturated rings. The fourth-order valence-corrected chi connectivity index (χ4v) is 1.39. The number of carbonyl (C=O) groups is 2. The molecule has 5 nitrogen and oxygen atoms in total. The minimum absolute atomic E-state index is 0.0232. The van der Waals surface area contributed by atoms with E-state index in [4.69, 9.17) is 4.42 Å². The lowest BCUT2D eigenvalue weighted by Crippen LogP contribution is -2.38. The zero-order chi connectivity index (χ0) is 13.4. The second-order valence-electron chi connectivity index (χ2n) is 3.85. The van der Waals surface area contributed by atoms with E-state index in [1.165, 1.54) is 11.2 Å². The van der Waals surface area contributed by atoms with Gasteiger partial charge in [0.2, 0.25) is 5.91 Å². The van der Waals surface area contributed by atoms with E-state index >= 15 is 0 Å². The van der Waals surface area contributed by atoms with Gasteiger partial charge in [0, 0.05) is 13.6 Å². The van der Waals surface area contributed by atoms with E-state index in [1.54, 1.807) is 19.2 Å². The Morgan fingerprint density at radius 3 is 2.89 bits per heavy atom. The van der Waals surface area contributed by atoms with Crippen LogP contribution in [-0.4, -0.2) is 36.9 Å². The molecule has 2 amide bonds. The molecule has 0 saturated heterocycles. The monoisotopic (exact) mass is 250 g/mol. The quantitative estimate of drug-likeness (QED) is 0.613. The molecule has 0 aliphatic heterocycles. The van der Waals surface area contributed by atoms with Crippen molar-refractivity contribution >= 4 is 11.8 Å². The Hall–Kier alpha value is -2.04. The summed E-state index contributed by atoms with van der Waals surface area (Å²) in [5.74, 6) is -0.246. The molecule has 1 aromatic rings. The van der Waals surface area contributed by atoms with Crippen molar-refractivity contribution in [1.29, 1.82) is 0 Å². The summed E-state index contributed by atoms with van der Waals surface area (Å²) in [7, 11) is 1.57. The van der Waals surface area contributed by atoms with E-state index in [9.17, 15) is 9.59 Å². The third-order valence-corrected chi connectivity index (χ3v) is 2.33. The smallest absolute Gasteiger partial charge is 0.289 e. The number of furan rings is 1. The Kier molecular flexibility index (Phi) is 5.70. The zero-order valence-corrected chi connectivity index (χ0v) is 10.7. The highest BCUT2D eigenvalue weighted by Gasteiger charge is 2.16. The standard InChI is InChI=1S/C13H18N2O3/c1-3-4-5-8-14-12(16)10-15(2)13(17)11-7-6-9-18-11/h3-4,6-7,9H,5,8,10H2,1-2H3,(H,14,16)/b4-3+. The highest BCUT2D eigenvalue weighted by atomic mass is 16.3. The van der Waals surface area contributed by atoms with Gasteiger partial charge in [0.1, 0.15) is 0 Å². The molecule has 0 aliphatic carbocycles. The molecule has 0 spiro atoms. The molecule has 0 aromatic carbocycles. The van der Waals surface area contributed by atoms with Crippen LogP contribution in [0.1, 0.15) is 23.9 Å². The highest BCUT2D eigenvalue weighted by molar-refractivity contribution is 5.94. The molecule has 18 heavy (non-hydrogen) atoms. The van der Waals surface area contributed by atoms with Gasteiger partial charge >= 0.3 is 0 Å². The number of amides is 2. The lowest BCUT2D eigenvalue weighted by Gasteiger charge is -2.15. The number of allylic oxidation sites excluding steroid dienone is 1. The molecular weight excluding hydrogens is 232 g/mol. The molecule has 1 rings (SSSR count). The Balaban J connectivity index is 2.33. The molecule has 0 aliphatic rings. The number of hydrogen-bond donors (Lipinski definition) is 1. The van der Waals surface area contributed by atoms with Crippen molar-refractivity contribution in [3.8, 4) is 0 Å². The van der Waals surface area contributed by atoms with E-state index in [0.29, 0.717) is 6.54 Å². The first-order chi connectivity index (χ1) is 8.65. The normalized spacial score (nSPS) is 10.6. The first-order valence-electron chi connectivity index (χ1n) is 5.82. The van der Waals surface area contributed by atoms with Gasteiger partial charge in [0.15, 0.2) is 5.76 Å². The van der Waals surface area contributed by atoms with Crippen molar-refractivity contribution in [2.24, 2.45) is 0 Å². The summed E-state index contributed by atoms with van der Waals surface area (Å²) < 4.78 is 4.98. The SMILES string of the molecule is C/C=C/CCNC(=O)CN(C)C(=O)c1ccco1. The van der Waals surface area contributed by atoms with Crippen molar-refractivity contribution < 1.29 is 14.0 Å². The number of likely N-dealkylation sites (N-methyl/N-ethyl adjacent to an activating group) is 1. The van der Waals surface area contributed by atoms with Crippen molar-refractivity contribution in [2.45, 2.75) is 13.3 Å². The van der Waals surface area contributed by atoms with E-state index in [0.717, 1.165) is 6.42 Å². The molecule has 0 unspecified atom stereocenters. The zero-order valence-electron chi connectivity index (χ0n) is 10.7. The summed E-state index contributed by atoms with van der Waals surface area (Å²) in [6.45, 7) is 2.53. The first-order valence-corrected chi connectivity index (χ1v) is 5.82. The topological polar surface area (TPSA) is 62.6 Å². The average Bonchev–Trinajstić information content (AvgIpc) is 2.87. The largest absolute Gasteiger partial charge is 0.459 e. The molecule has 98 valence electrons. The van der Waals surface area contributed by atoms with Crippen LogP contribution in [0.15, 0.2) is 35.0 Å². The molecule has 5 heteroatoms.